The second kappa shape index (κ2) is 10.4. The van der Waals surface area contributed by atoms with Gasteiger partial charge in [0, 0.05) is 5.56 Å². The third kappa shape index (κ3) is 5.52. The van der Waals surface area contributed by atoms with Crippen LogP contribution >= 0.6 is 11.8 Å². The van der Waals surface area contributed by atoms with Gasteiger partial charge in [-0.3, -0.25) is 0 Å². The van der Waals surface area contributed by atoms with Crippen LogP contribution in [0.2, 0.25) is 0 Å². The maximum absolute atomic E-state index is 6.02. The molecule has 0 amide bonds. The molecule has 4 aromatic rings. The van der Waals surface area contributed by atoms with Crippen molar-refractivity contribution in [2.45, 2.75) is 18.4 Å². The molecule has 0 saturated carbocycles. The molecule has 31 heavy (non-hydrogen) atoms. The quantitative estimate of drug-likeness (QED) is 0.275. The normalized spacial score (nSPS) is 11.0. The van der Waals surface area contributed by atoms with E-state index in [4.69, 9.17) is 9.47 Å². The minimum Gasteiger partial charge on any atom is -0.488 e. The molecule has 0 radical (unpaired) electrons. The van der Waals surface area contributed by atoms with Gasteiger partial charge in [-0.1, -0.05) is 72.4 Å². The predicted molar refractivity (Wildman–Crippen MR) is 123 cm³/mol. The van der Waals surface area contributed by atoms with Crippen molar-refractivity contribution < 1.29 is 9.47 Å². The first-order chi connectivity index (χ1) is 15.3. The molecule has 0 atom stereocenters. The van der Waals surface area contributed by atoms with Crippen LogP contribution in [0.25, 0.3) is 0 Å². The number of thioether (sulfide) groups is 1. The van der Waals surface area contributed by atoms with Gasteiger partial charge in [-0.25, -0.2) is 0 Å². The van der Waals surface area contributed by atoms with Crippen molar-refractivity contribution in [3.8, 4) is 11.5 Å². The fraction of sp³-hybridized carbons (Fsp3) is 0.125. The number of aromatic nitrogens is 3. The fourth-order valence-corrected chi connectivity index (χ4v) is 3.32. The molecular formula is C24H22N4O2S. The van der Waals surface area contributed by atoms with E-state index in [1.807, 2.05) is 91.2 Å². The van der Waals surface area contributed by atoms with Gasteiger partial charge in [0.25, 0.3) is 0 Å². The highest BCUT2D eigenvalue weighted by atomic mass is 32.2. The van der Waals surface area contributed by atoms with Crippen molar-refractivity contribution in [3.05, 3.63) is 102 Å². The van der Waals surface area contributed by atoms with Crippen molar-refractivity contribution >= 4 is 18.0 Å². The van der Waals surface area contributed by atoms with Crippen molar-refractivity contribution in [1.29, 1.82) is 0 Å². The van der Waals surface area contributed by atoms with Crippen molar-refractivity contribution in [2.75, 3.05) is 6.26 Å². The Hall–Kier alpha value is -3.58. The molecule has 0 aliphatic heterocycles. The lowest BCUT2D eigenvalue weighted by Crippen LogP contribution is -2.05. The number of rotatable bonds is 9. The molecule has 0 fully saturated rings. The lowest BCUT2D eigenvalue weighted by Gasteiger charge is -2.09. The van der Waals surface area contributed by atoms with Crippen LogP contribution in [0.15, 0.2) is 95.2 Å². The van der Waals surface area contributed by atoms with Gasteiger partial charge in [-0.05, 0) is 36.1 Å². The van der Waals surface area contributed by atoms with Gasteiger partial charge < -0.3 is 9.47 Å². The highest BCUT2D eigenvalue weighted by Crippen LogP contribution is 2.20. The molecular weight excluding hydrogens is 408 g/mol. The van der Waals surface area contributed by atoms with Crippen LogP contribution in [0, 0.1) is 0 Å². The highest BCUT2D eigenvalue weighted by Gasteiger charge is 2.12. The third-order valence-electron chi connectivity index (χ3n) is 4.44. The van der Waals surface area contributed by atoms with Crippen LogP contribution in [0.5, 0.6) is 11.5 Å². The zero-order valence-electron chi connectivity index (χ0n) is 17.1. The van der Waals surface area contributed by atoms with Crippen LogP contribution < -0.4 is 9.47 Å². The van der Waals surface area contributed by atoms with E-state index in [9.17, 15) is 0 Å². The summed E-state index contributed by atoms with van der Waals surface area (Å²) in [6.45, 7) is 0.756. The standard InChI is InChI=1S/C24H22N4O2S/c1-31-24-27-26-23(18-29-21-13-6-3-7-14-21)28(24)25-16-20-12-8-9-15-22(20)30-17-19-10-4-2-5-11-19/h2-16H,17-18H2,1H3/b25-16-. The first-order valence-corrected chi connectivity index (χ1v) is 11.0. The van der Waals surface area contributed by atoms with Crippen molar-refractivity contribution in [1.82, 2.24) is 14.9 Å². The van der Waals surface area contributed by atoms with Crippen LogP contribution in [0.1, 0.15) is 17.0 Å². The summed E-state index contributed by atoms with van der Waals surface area (Å²) >= 11 is 1.47. The summed E-state index contributed by atoms with van der Waals surface area (Å²) in [5.74, 6) is 2.15. The van der Waals surface area contributed by atoms with Crippen molar-refractivity contribution in [2.24, 2.45) is 5.10 Å². The predicted octanol–water partition coefficient (Wildman–Crippen LogP) is 5.04. The minimum atomic E-state index is 0.265. The van der Waals surface area contributed by atoms with Crippen LogP contribution in [-0.2, 0) is 13.2 Å². The Balaban J connectivity index is 1.51. The molecule has 0 spiro atoms. The van der Waals surface area contributed by atoms with Gasteiger partial charge in [-0.15, -0.1) is 10.2 Å². The lowest BCUT2D eigenvalue weighted by molar-refractivity contribution is 0.290. The molecule has 156 valence electrons. The average Bonchev–Trinajstić information content (AvgIpc) is 3.23. The van der Waals surface area contributed by atoms with Gasteiger partial charge in [0.1, 0.15) is 24.7 Å². The van der Waals surface area contributed by atoms with Gasteiger partial charge >= 0.3 is 0 Å². The maximum atomic E-state index is 6.02. The Kier molecular flexibility index (Phi) is 6.97. The third-order valence-corrected chi connectivity index (χ3v) is 5.06. The molecule has 6 nitrogen and oxygen atoms in total. The Morgan fingerprint density at radius 2 is 1.55 bits per heavy atom. The largest absolute Gasteiger partial charge is 0.488 e. The molecule has 7 heteroatoms. The second-order valence-electron chi connectivity index (χ2n) is 6.57. The van der Waals surface area contributed by atoms with Crippen LogP contribution in [-0.4, -0.2) is 27.3 Å². The van der Waals surface area contributed by atoms with Crippen molar-refractivity contribution in [3.63, 3.8) is 0 Å². The number of benzene rings is 3. The second-order valence-corrected chi connectivity index (χ2v) is 7.35. The minimum absolute atomic E-state index is 0.265. The van der Waals surface area contributed by atoms with E-state index in [0.717, 1.165) is 22.6 Å². The molecule has 0 saturated heterocycles. The zero-order valence-corrected chi connectivity index (χ0v) is 17.9. The average molecular weight is 431 g/mol. The maximum Gasteiger partial charge on any atom is 0.211 e. The molecule has 0 bridgehead atoms. The topological polar surface area (TPSA) is 61.5 Å². The molecule has 0 aliphatic rings. The molecule has 0 unspecified atom stereocenters. The van der Waals surface area contributed by atoms with E-state index in [2.05, 4.69) is 15.3 Å². The molecule has 1 aromatic heterocycles. The van der Waals surface area contributed by atoms with E-state index in [1.165, 1.54) is 11.8 Å². The summed E-state index contributed by atoms with van der Waals surface area (Å²) in [6.07, 6.45) is 3.70. The first-order valence-electron chi connectivity index (χ1n) is 9.80. The fourth-order valence-electron chi connectivity index (χ4n) is 2.87. The molecule has 4 rings (SSSR count). The number of para-hydroxylation sites is 2. The highest BCUT2D eigenvalue weighted by molar-refractivity contribution is 7.98. The number of hydrogen-bond donors (Lipinski definition) is 0. The Labute approximate surface area is 185 Å². The summed E-state index contributed by atoms with van der Waals surface area (Å²) in [6, 6.07) is 27.5. The Bertz CT molecular complexity index is 1130. The van der Waals surface area contributed by atoms with E-state index < -0.39 is 0 Å². The van der Waals surface area contributed by atoms with E-state index in [1.54, 1.807) is 10.9 Å². The molecule has 0 aliphatic carbocycles. The van der Waals surface area contributed by atoms with Gasteiger partial charge in [0.05, 0.1) is 6.21 Å². The van der Waals surface area contributed by atoms with Gasteiger partial charge in [0.15, 0.2) is 5.82 Å². The van der Waals surface area contributed by atoms with Gasteiger partial charge in [-0.2, -0.15) is 9.78 Å². The zero-order chi connectivity index (χ0) is 21.3. The number of hydrogen-bond acceptors (Lipinski definition) is 6. The van der Waals surface area contributed by atoms with Crippen LogP contribution in [0.3, 0.4) is 0 Å². The monoisotopic (exact) mass is 430 g/mol. The van der Waals surface area contributed by atoms with E-state index >= 15 is 0 Å². The van der Waals surface area contributed by atoms with Gasteiger partial charge in [0.2, 0.25) is 5.16 Å². The Morgan fingerprint density at radius 1 is 0.839 bits per heavy atom. The summed E-state index contributed by atoms with van der Waals surface area (Å²) < 4.78 is 13.5. The molecule has 0 N–H and O–H groups in total. The summed E-state index contributed by atoms with van der Waals surface area (Å²) in [5, 5.41) is 13.8. The lowest BCUT2D eigenvalue weighted by atomic mass is 10.2. The van der Waals surface area contributed by atoms with E-state index in [-0.39, 0.29) is 6.61 Å². The SMILES string of the molecule is CSc1nnc(COc2ccccc2)n1/N=C\c1ccccc1OCc1ccccc1. The number of nitrogens with zero attached hydrogens (tertiary/aromatic N) is 4. The smallest absolute Gasteiger partial charge is 0.211 e. The summed E-state index contributed by atoms with van der Waals surface area (Å²) in [7, 11) is 0. The van der Waals surface area contributed by atoms with E-state index in [0.29, 0.717) is 17.6 Å². The first kappa shape index (κ1) is 20.7. The summed E-state index contributed by atoms with van der Waals surface area (Å²) in [5.41, 5.74) is 1.98. The summed E-state index contributed by atoms with van der Waals surface area (Å²) in [4.78, 5) is 0. The molecule has 3 aromatic carbocycles. The Morgan fingerprint density at radius 3 is 2.32 bits per heavy atom. The van der Waals surface area contributed by atoms with Crippen LogP contribution in [0.4, 0.5) is 0 Å². The molecule has 1 heterocycles. The number of ether oxygens (including phenoxy) is 2.